The van der Waals surface area contributed by atoms with Gasteiger partial charge in [0, 0.05) is 6.04 Å². The van der Waals surface area contributed by atoms with Gasteiger partial charge in [-0.25, -0.2) is 8.42 Å². The lowest BCUT2D eigenvalue weighted by Gasteiger charge is -2.38. The van der Waals surface area contributed by atoms with Gasteiger partial charge in [-0.05, 0) is 32.5 Å². The zero-order chi connectivity index (χ0) is 12.5. The third kappa shape index (κ3) is 2.99. The molecule has 2 N–H and O–H groups in total. The van der Waals surface area contributed by atoms with Crippen LogP contribution in [0.1, 0.15) is 19.8 Å². The Bertz CT molecular complexity index is 352. The van der Waals surface area contributed by atoms with Gasteiger partial charge < -0.3 is 10.4 Å². The minimum Gasteiger partial charge on any atom is -0.390 e. The van der Waals surface area contributed by atoms with Crippen molar-refractivity contribution in [3.63, 3.8) is 0 Å². The van der Waals surface area contributed by atoms with E-state index in [0.717, 1.165) is 32.5 Å². The number of aliphatic hydroxyl groups is 1. The number of sulfone groups is 1. The predicted molar refractivity (Wildman–Crippen MR) is 66.7 cm³/mol. The van der Waals surface area contributed by atoms with E-state index in [1.54, 1.807) is 0 Å². The summed E-state index contributed by atoms with van der Waals surface area (Å²) in [4.78, 5) is 2.19. The number of rotatable bonds is 3. The second-order valence-corrected chi connectivity index (χ2v) is 7.18. The van der Waals surface area contributed by atoms with Crippen LogP contribution >= 0.6 is 0 Å². The van der Waals surface area contributed by atoms with E-state index in [0.29, 0.717) is 6.04 Å². The molecule has 6 heteroatoms. The fraction of sp³-hybridized carbons (Fsp3) is 1.00. The molecular formula is C11H22N2O3S. The quantitative estimate of drug-likeness (QED) is 0.698. The molecule has 0 aromatic carbocycles. The van der Waals surface area contributed by atoms with Crippen molar-refractivity contribution in [2.24, 2.45) is 0 Å². The Labute approximate surface area is 103 Å². The van der Waals surface area contributed by atoms with Crippen molar-refractivity contribution in [3.05, 3.63) is 0 Å². The van der Waals surface area contributed by atoms with Crippen LogP contribution in [0.3, 0.4) is 0 Å². The predicted octanol–water partition coefficient (Wildman–Crippen LogP) is -0.782. The van der Waals surface area contributed by atoms with Crippen LogP contribution in [0.5, 0.6) is 0 Å². The first-order valence-corrected chi connectivity index (χ1v) is 8.20. The fourth-order valence-electron chi connectivity index (χ4n) is 3.03. The van der Waals surface area contributed by atoms with E-state index in [4.69, 9.17) is 0 Å². The molecule has 2 heterocycles. The summed E-state index contributed by atoms with van der Waals surface area (Å²) >= 11 is 0. The summed E-state index contributed by atoms with van der Waals surface area (Å²) in [5, 5.41) is 13.2. The average molecular weight is 262 g/mol. The van der Waals surface area contributed by atoms with Crippen molar-refractivity contribution in [2.75, 3.05) is 31.1 Å². The minimum atomic E-state index is -3.05. The number of piperidine rings is 1. The maximum Gasteiger partial charge on any atom is 0.154 e. The smallest absolute Gasteiger partial charge is 0.154 e. The molecule has 0 aromatic rings. The second kappa shape index (κ2) is 5.22. The number of likely N-dealkylation sites (N-methyl/N-ethyl adjacent to an activating group) is 1. The zero-order valence-electron chi connectivity index (χ0n) is 10.3. The second-order valence-electron chi connectivity index (χ2n) is 5.02. The topological polar surface area (TPSA) is 69.6 Å². The van der Waals surface area contributed by atoms with E-state index in [1.807, 2.05) is 6.92 Å². The highest BCUT2D eigenvalue weighted by molar-refractivity contribution is 7.91. The maximum absolute atomic E-state index is 11.6. The number of aliphatic hydroxyl groups excluding tert-OH is 1. The van der Waals surface area contributed by atoms with Gasteiger partial charge in [-0.2, -0.15) is 0 Å². The van der Waals surface area contributed by atoms with Gasteiger partial charge in [-0.15, -0.1) is 0 Å². The van der Waals surface area contributed by atoms with Crippen molar-refractivity contribution in [1.82, 2.24) is 10.2 Å². The summed E-state index contributed by atoms with van der Waals surface area (Å²) in [6, 6.07) is 0.210. The van der Waals surface area contributed by atoms with Crippen molar-refractivity contribution in [3.8, 4) is 0 Å². The molecule has 0 saturated carbocycles. The molecule has 5 nitrogen and oxygen atoms in total. The molecule has 2 aliphatic rings. The van der Waals surface area contributed by atoms with Crippen LogP contribution in [0.25, 0.3) is 0 Å². The highest BCUT2D eigenvalue weighted by Gasteiger charge is 2.41. The highest BCUT2D eigenvalue weighted by atomic mass is 32.2. The third-order valence-corrected chi connectivity index (χ3v) is 5.56. The molecule has 2 aliphatic heterocycles. The Morgan fingerprint density at radius 3 is 2.41 bits per heavy atom. The van der Waals surface area contributed by atoms with Crippen molar-refractivity contribution in [2.45, 2.75) is 38.0 Å². The van der Waals surface area contributed by atoms with Gasteiger partial charge in [0.15, 0.2) is 9.84 Å². The first-order chi connectivity index (χ1) is 8.03. The van der Waals surface area contributed by atoms with Gasteiger partial charge in [-0.3, -0.25) is 4.90 Å². The summed E-state index contributed by atoms with van der Waals surface area (Å²) in [7, 11) is -3.05. The summed E-state index contributed by atoms with van der Waals surface area (Å²) in [6.45, 7) is 4.81. The van der Waals surface area contributed by atoms with E-state index in [1.165, 1.54) is 0 Å². The number of hydrogen-bond donors (Lipinski definition) is 2. The monoisotopic (exact) mass is 262 g/mol. The first kappa shape index (κ1) is 13.3. The molecule has 2 unspecified atom stereocenters. The maximum atomic E-state index is 11.6. The lowest BCUT2D eigenvalue weighted by molar-refractivity contribution is 0.0471. The first-order valence-electron chi connectivity index (χ1n) is 6.38. The van der Waals surface area contributed by atoms with Crippen LogP contribution in [0.2, 0.25) is 0 Å². The Kier molecular flexibility index (Phi) is 4.07. The van der Waals surface area contributed by atoms with Crippen LogP contribution in [0.15, 0.2) is 0 Å². The Balaban J connectivity index is 2.07. The molecule has 2 fully saturated rings. The van der Waals surface area contributed by atoms with Crippen LogP contribution < -0.4 is 5.32 Å². The fourth-order valence-corrected chi connectivity index (χ4v) is 4.84. The van der Waals surface area contributed by atoms with Crippen LogP contribution in [-0.4, -0.2) is 67.8 Å². The standard InChI is InChI=1S/C11H22N2O3S/c1-2-13(9-3-5-12-6-4-9)10-7-17(15,16)8-11(10)14/h9-12,14H,2-8H2,1H3. The molecule has 2 saturated heterocycles. The summed E-state index contributed by atoms with van der Waals surface area (Å²) in [5.41, 5.74) is 0. The molecule has 0 amide bonds. The van der Waals surface area contributed by atoms with Crippen molar-refractivity contribution < 1.29 is 13.5 Å². The molecule has 0 spiro atoms. The third-order valence-electron chi connectivity index (χ3n) is 3.86. The van der Waals surface area contributed by atoms with Gasteiger partial charge in [0.1, 0.15) is 0 Å². The lowest BCUT2D eigenvalue weighted by Crippen LogP contribution is -2.51. The Morgan fingerprint density at radius 2 is 1.94 bits per heavy atom. The van der Waals surface area contributed by atoms with Gasteiger partial charge in [0.25, 0.3) is 0 Å². The van der Waals surface area contributed by atoms with Gasteiger partial charge in [0.2, 0.25) is 0 Å². The molecule has 0 aromatic heterocycles. The normalized spacial score (nSPS) is 34.3. The zero-order valence-corrected chi connectivity index (χ0v) is 11.1. The van der Waals surface area contributed by atoms with E-state index in [9.17, 15) is 13.5 Å². The molecule has 17 heavy (non-hydrogen) atoms. The van der Waals surface area contributed by atoms with Crippen LogP contribution in [0.4, 0.5) is 0 Å². The molecule has 0 radical (unpaired) electrons. The molecular weight excluding hydrogens is 240 g/mol. The van der Waals surface area contributed by atoms with E-state index in [2.05, 4.69) is 10.2 Å². The lowest BCUT2D eigenvalue weighted by atomic mass is 10.0. The number of hydrogen-bond acceptors (Lipinski definition) is 5. The largest absolute Gasteiger partial charge is 0.390 e. The SMILES string of the molecule is CCN(C1CCNCC1)C1CS(=O)(=O)CC1O. The summed E-state index contributed by atoms with van der Waals surface area (Å²) < 4.78 is 23.1. The molecule has 2 rings (SSSR count). The number of nitrogens with zero attached hydrogens (tertiary/aromatic N) is 1. The highest BCUT2D eigenvalue weighted by Crippen LogP contribution is 2.23. The van der Waals surface area contributed by atoms with Crippen molar-refractivity contribution >= 4 is 9.84 Å². The average Bonchev–Trinajstić information content (AvgIpc) is 2.55. The van der Waals surface area contributed by atoms with Crippen molar-refractivity contribution in [1.29, 1.82) is 0 Å². The molecule has 100 valence electrons. The van der Waals surface area contributed by atoms with Gasteiger partial charge in [0.05, 0.1) is 23.7 Å². The van der Waals surface area contributed by atoms with Crippen LogP contribution in [0, 0.1) is 0 Å². The summed E-state index contributed by atoms with van der Waals surface area (Å²) in [6.07, 6.45) is 1.36. The van der Waals surface area contributed by atoms with Gasteiger partial charge in [-0.1, -0.05) is 6.92 Å². The molecule has 0 aliphatic carbocycles. The number of nitrogens with one attached hydrogen (secondary N) is 1. The van der Waals surface area contributed by atoms with Gasteiger partial charge >= 0.3 is 0 Å². The molecule has 0 bridgehead atoms. The van der Waals surface area contributed by atoms with Crippen LogP contribution in [-0.2, 0) is 9.84 Å². The Hall–Kier alpha value is -0.170. The summed E-state index contributed by atoms with van der Waals surface area (Å²) in [5.74, 6) is 0.0467. The van der Waals surface area contributed by atoms with E-state index >= 15 is 0 Å². The van der Waals surface area contributed by atoms with E-state index < -0.39 is 15.9 Å². The molecule has 2 atom stereocenters. The van der Waals surface area contributed by atoms with E-state index in [-0.39, 0.29) is 17.5 Å². The Morgan fingerprint density at radius 1 is 1.29 bits per heavy atom. The minimum absolute atomic E-state index is 0.0703.